The van der Waals surface area contributed by atoms with Gasteiger partial charge in [-0.05, 0) is 30.4 Å². The van der Waals surface area contributed by atoms with Gasteiger partial charge in [0.25, 0.3) is 0 Å². The van der Waals surface area contributed by atoms with Gasteiger partial charge in [-0.25, -0.2) is 0 Å². The molecule has 0 aliphatic carbocycles. The maximum atomic E-state index is 11.9. The first kappa shape index (κ1) is 15.6. The third-order valence-electron chi connectivity index (χ3n) is 2.69. The van der Waals surface area contributed by atoms with Crippen LogP contribution in [0.5, 0.6) is 0 Å². The molecule has 0 bridgehead atoms. The van der Waals surface area contributed by atoms with Crippen LogP contribution in [0.15, 0.2) is 24.3 Å². The first-order valence-corrected chi connectivity index (χ1v) is 7.53. The summed E-state index contributed by atoms with van der Waals surface area (Å²) in [7, 11) is 0. The minimum absolute atomic E-state index is 0.00951. The number of thioether (sulfide) groups is 1. The number of hydrogen-bond acceptors (Lipinski definition) is 3. The fourth-order valence-corrected chi connectivity index (χ4v) is 2.30. The van der Waals surface area contributed by atoms with Crippen LogP contribution in [0, 0.1) is 5.92 Å². The fourth-order valence-electron chi connectivity index (χ4n) is 1.65. The van der Waals surface area contributed by atoms with Gasteiger partial charge >= 0.3 is 5.97 Å². The molecule has 4 nitrogen and oxygen atoms in total. The van der Waals surface area contributed by atoms with Gasteiger partial charge < -0.3 is 10.4 Å². The second kappa shape index (κ2) is 7.84. The van der Waals surface area contributed by atoms with Crippen molar-refractivity contribution in [2.24, 2.45) is 5.92 Å². The van der Waals surface area contributed by atoms with Crippen LogP contribution < -0.4 is 5.32 Å². The number of anilines is 1. The van der Waals surface area contributed by atoms with Crippen molar-refractivity contribution in [3.63, 3.8) is 0 Å². The lowest BCUT2D eigenvalue weighted by Gasteiger charge is -2.11. The fraction of sp³-hybridized carbons (Fsp3) is 0.429. The van der Waals surface area contributed by atoms with E-state index in [1.807, 2.05) is 37.4 Å². The number of rotatable bonds is 7. The molecule has 5 heteroatoms. The number of carboxylic acid groups (broad SMARTS) is 1. The van der Waals surface area contributed by atoms with E-state index >= 15 is 0 Å². The molecular formula is C14H19NO3S. The van der Waals surface area contributed by atoms with Crippen molar-refractivity contribution in [2.75, 3.05) is 17.3 Å². The topological polar surface area (TPSA) is 66.4 Å². The van der Waals surface area contributed by atoms with Gasteiger partial charge in [0.15, 0.2) is 0 Å². The highest BCUT2D eigenvalue weighted by Gasteiger charge is 2.12. The number of aryl methyl sites for hydroxylation is 1. The average molecular weight is 281 g/mol. The van der Waals surface area contributed by atoms with Crippen molar-refractivity contribution < 1.29 is 14.7 Å². The zero-order valence-electron chi connectivity index (χ0n) is 11.2. The summed E-state index contributed by atoms with van der Waals surface area (Å²) >= 11 is 1.64. The minimum atomic E-state index is -0.817. The first-order valence-electron chi connectivity index (χ1n) is 6.13. The molecule has 0 fully saturated rings. The van der Waals surface area contributed by atoms with Crippen molar-refractivity contribution in [1.82, 2.24) is 0 Å². The molecule has 0 heterocycles. The maximum Gasteiger partial charge on any atom is 0.303 e. The van der Waals surface area contributed by atoms with E-state index in [0.29, 0.717) is 6.42 Å². The Morgan fingerprint density at radius 3 is 2.79 bits per heavy atom. The number of carbonyl (C=O) groups is 2. The first-order chi connectivity index (χ1) is 9.02. The molecule has 0 aliphatic heterocycles. The normalized spacial score (nSPS) is 11.9. The third-order valence-corrected chi connectivity index (χ3v) is 3.52. The van der Waals surface area contributed by atoms with Crippen LogP contribution >= 0.6 is 11.8 Å². The summed E-state index contributed by atoms with van der Waals surface area (Å²) in [6.07, 6.45) is 2.54. The molecule has 1 aromatic rings. The van der Waals surface area contributed by atoms with Gasteiger partial charge in [-0.3, -0.25) is 9.59 Å². The predicted molar refractivity (Wildman–Crippen MR) is 78.6 cm³/mol. The SMILES string of the molecule is CSCC(C)C(=O)Nc1cccc(CCC(=O)O)c1. The Morgan fingerprint density at radius 1 is 1.42 bits per heavy atom. The zero-order valence-corrected chi connectivity index (χ0v) is 12.0. The summed E-state index contributed by atoms with van der Waals surface area (Å²) in [6, 6.07) is 7.33. The van der Waals surface area contributed by atoms with Crippen LogP contribution in [0.2, 0.25) is 0 Å². The predicted octanol–water partition coefficient (Wildman–Crippen LogP) is 2.64. The largest absolute Gasteiger partial charge is 0.481 e. The Balaban J connectivity index is 2.61. The lowest BCUT2D eigenvalue weighted by atomic mass is 10.1. The maximum absolute atomic E-state index is 11.9. The molecule has 19 heavy (non-hydrogen) atoms. The van der Waals surface area contributed by atoms with Crippen LogP contribution in [0.4, 0.5) is 5.69 Å². The monoisotopic (exact) mass is 281 g/mol. The number of carbonyl (C=O) groups excluding carboxylic acids is 1. The average Bonchev–Trinajstić information content (AvgIpc) is 2.37. The van der Waals surface area contributed by atoms with Crippen LogP contribution in [-0.4, -0.2) is 29.0 Å². The van der Waals surface area contributed by atoms with Crippen molar-refractivity contribution >= 4 is 29.3 Å². The summed E-state index contributed by atoms with van der Waals surface area (Å²) in [5, 5.41) is 11.5. The van der Waals surface area contributed by atoms with Gasteiger partial charge in [0.2, 0.25) is 5.91 Å². The number of carboxylic acids is 1. The van der Waals surface area contributed by atoms with E-state index in [9.17, 15) is 9.59 Å². The smallest absolute Gasteiger partial charge is 0.303 e. The summed E-state index contributed by atoms with van der Waals surface area (Å²) in [4.78, 5) is 22.4. The molecule has 0 saturated carbocycles. The van der Waals surface area contributed by atoms with Crippen LogP contribution in [0.3, 0.4) is 0 Å². The molecular weight excluding hydrogens is 262 g/mol. The van der Waals surface area contributed by atoms with Crippen LogP contribution in [-0.2, 0) is 16.0 Å². The lowest BCUT2D eigenvalue weighted by Crippen LogP contribution is -2.22. The summed E-state index contributed by atoms with van der Waals surface area (Å²) in [5.41, 5.74) is 1.64. The van der Waals surface area contributed by atoms with E-state index in [-0.39, 0.29) is 18.2 Å². The number of aliphatic carboxylic acids is 1. The van der Waals surface area contributed by atoms with Gasteiger partial charge in [-0.2, -0.15) is 11.8 Å². The van der Waals surface area contributed by atoms with E-state index in [1.54, 1.807) is 11.8 Å². The summed E-state index contributed by atoms with van der Waals surface area (Å²) in [6.45, 7) is 1.89. The number of benzene rings is 1. The van der Waals surface area contributed by atoms with Gasteiger partial charge in [0, 0.05) is 23.8 Å². The lowest BCUT2D eigenvalue weighted by molar-refractivity contribution is -0.137. The molecule has 1 rings (SSSR count). The molecule has 2 N–H and O–H groups in total. The molecule has 1 amide bonds. The van der Waals surface area contributed by atoms with E-state index in [4.69, 9.17) is 5.11 Å². The van der Waals surface area contributed by atoms with Crippen molar-refractivity contribution in [3.05, 3.63) is 29.8 Å². The highest BCUT2D eigenvalue weighted by atomic mass is 32.2. The van der Waals surface area contributed by atoms with E-state index in [2.05, 4.69) is 5.32 Å². The number of hydrogen-bond donors (Lipinski definition) is 2. The Bertz CT molecular complexity index is 448. The van der Waals surface area contributed by atoms with E-state index in [0.717, 1.165) is 17.0 Å². The third kappa shape index (κ3) is 5.79. The Hall–Kier alpha value is -1.49. The highest BCUT2D eigenvalue weighted by Crippen LogP contribution is 2.14. The van der Waals surface area contributed by atoms with Crippen LogP contribution in [0.25, 0.3) is 0 Å². The van der Waals surface area contributed by atoms with Crippen LogP contribution in [0.1, 0.15) is 18.9 Å². The Labute approximate surface area is 117 Å². The van der Waals surface area contributed by atoms with E-state index in [1.165, 1.54) is 0 Å². The quantitative estimate of drug-likeness (QED) is 0.806. The molecule has 1 atom stereocenters. The van der Waals surface area contributed by atoms with E-state index < -0.39 is 5.97 Å². The number of amides is 1. The molecule has 0 aromatic heterocycles. The van der Waals surface area contributed by atoms with Gasteiger partial charge in [-0.15, -0.1) is 0 Å². The van der Waals surface area contributed by atoms with Gasteiger partial charge in [-0.1, -0.05) is 19.1 Å². The van der Waals surface area contributed by atoms with Gasteiger partial charge in [0.05, 0.1) is 0 Å². The molecule has 0 radical (unpaired) electrons. The standard InChI is InChI=1S/C14H19NO3S/c1-10(9-19-2)14(18)15-12-5-3-4-11(8-12)6-7-13(16)17/h3-5,8,10H,6-7,9H2,1-2H3,(H,15,18)(H,16,17). The summed E-state index contributed by atoms with van der Waals surface area (Å²) in [5.74, 6) is -0.0877. The molecule has 1 unspecified atom stereocenters. The second-order valence-corrected chi connectivity index (χ2v) is 5.35. The number of nitrogens with one attached hydrogen (secondary N) is 1. The molecule has 104 valence electrons. The minimum Gasteiger partial charge on any atom is -0.481 e. The zero-order chi connectivity index (χ0) is 14.3. The van der Waals surface area contributed by atoms with Crippen molar-refractivity contribution in [1.29, 1.82) is 0 Å². The van der Waals surface area contributed by atoms with Gasteiger partial charge in [0.1, 0.15) is 0 Å². The molecule has 0 spiro atoms. The highest BCUT2D eigenvalue weighted by molar-refractivity contribution is 7.98. The Morgan fingerprint density at radius 2 is 2.16 bits per heavy atom. The molecule has 1 aromatic carbocycles. The van der Waals surface area contributed by atoms with Crippen molar-refractivity contribution in [3.8, 4) is 0 Å². The molecule has 0 aliphatic rings. The molecule has 0 saturated heterocycles. The second-order valence-electron chi connectivity index (χ2n) is 4.44. The summed E-state index contributed by atoms with van der Waals surface area (Å²) < 4.78 is 0. The van der Waals surface area contributed by atoms with Crippen molar-refractivity contribution in [2.45, 2.75) is 19.8 Å². The Kier molecular flexibility index (Phi) is 6.42.